The van der Waals surface area contributed by atoms with Crippen LogP contribution in [-0.4, -0.2) is 17.4 Å². The second-order valence-corrected chi connectivity index (χ2v) is 4.12. The molecule has 1 heterocycles. The fourth-order valence-electron chi connectivity index (χ4n) is 1.37. The number of carbonyl (C=O) groups excluding carboxylic acids is 1. The molecule has 0 aliphatic heterocycles. The number of nitrogens with zero attached hydrogens (tertiary/aromatic N) is 1. The minimum atomic E-state index is -1.07. The van der Waals surface area contributed by atoms with Crippen LogP contribution >= 0.6 is 11.6 Å². The maximum absolute atomic E-state index is 13.0. The number of ether oxygens (including phenoxy) is 1. The van der Waals surface area contributed by atoms with Crippen LogP contribution in [0.1, 0.15) is 10.4 Å². The average Bonchev–Trinajstić information content (AvgIpc) is 2.39. The fourth-order valence-corrected chi connectivity index (χ4v) is 1.54. The average molecular weight is 284 g/mol. The molecule has 98 valence electrons. The third-order valence-electron chi connectivity index (χ3n) is 2.29. The van der Waals surface area contributed by atoms with Crippen molar-refractivity contribution in [3.8, 4) is 5.75 Å². The van der Waals surface area contributed by atoms with Gasteiger partial charge in [-0.15, -0.1) is 0 Å². The summed E-state index contributed by atoms with van der Waals surface area (Å²) in [7, 11) is 0. The summed E-state index contributed by atoms with van der Waals surface area (Å²) in [5, 5.41) is 0.373. The fraction of sp³-hybridized carbons (Fsp3) is 0.0769. The van der Waals surface area contributed by atoms with Crippen LogP contribution in [0.5, 0.6) is 5.75 Å². The van der Waals surface area contributed by atoms with Crippen molar-refractivity contribution >= 4 is 17.4 Å². The third-order valence-corrected chi connectivity index (χ3v) is 2.50. The number of hydrogen-bond acceptors (Lipinski definition) is 3. The Morgan fingerprint density at radius 1 is 1.21 bits per heavy atom. The SMILES string of the molecule is O=C(COc1cncc(Cl)c1)c1ccc(F)c(F)c1. The van der Waals surface area contributed by atoms with Gasteiger partial charge < -0.3 is 4.74 Å². The molecule has 0 unspecified atom stereocenters. The minimum absolute atomic E-state index is 0.0360. The molecule has 2 rings (SSSR count). The largest absolute Gasteiger partial charge is 0.484 e. The van der Waals surface area contributed by atoms with E-state index in [1.807, 2.05) is 0 Å². The lowest BCUT2D eigenvalue weighted by atomic mass is 10.1. The Morgan fingerprint density at radius 3 is 2.68 bits per heavy atom. The van der Waals surface area contributed by atoms with Crippen LogP contribution in [0.25, 0.3) is 0 Å². The number of benzene rings is 1. The molecule has 1 aromatic carbocycles. The van der Waals surface area contributed by atoms with Crippen molar-refractivity contribution in [1.82, 2.24) is 4.98 Å². The van der Waals surface area contributed by atoms with Gasteiger partial charge in [-0.1, -0.05) is 11.6 Å². The molecular weight excluding hydrogens is 276 g/mol. The zero-order valence-corrected chi connectivity index (χ0v) is 10.3. The Labute approximate surface area is 112 Å². The first kappa shape index (κ1) is 13.4. The molecule has 0 bridgehead atoms. The zero-order chi connectivity index (χ0) is 13.8. The van der Waals surface area contributed by atoms with Crippen molar-refractivity contribution < 1.29 is 18.3 Å². The number of ketones is 1. The van der Waals surface area contributed by atoms with Crippen LogP contribution in [0.3, 0.4) is 0 Å². The van der Waals surface area contributed by atoms with E-state index in [9.17, 15) is 13.6 Å². The number of rotatable bonds is 4. The highest BCUT2D eigenvalue weighted by atomic mass is 35.5. The smallest absolute Gasteiger partial charge is 0.200 e. The topological polar surface area (TPSA) is 39.2 Å². The molecular formula is C13H8ClF2NO2. The summed E-state index contributed by atoms with van der Waals surface area (Å²) in [4.78, 5) is 15.5. The van der Waals surface area contributed by atoms with Crippen molar-refractivity contribution in [2.24, 2.45) is 0 Å². The number of Topliss-reactive ketones (excluding diaryl/α,β-unsaturated/α-hetero) is 1. The maximum Gasteiger partial charge on any atom is 0.200 e. The predicted molar refractivity (Wildman–Crippen MR) is 65.4 cm³/mol. The molecule has 0 aliphatic carbocycles. The first-order chi connectivity index (χ1) is 9.06. The van der Waals surface area contributed by atoms with Gasteiger partial charge in [0.1, 0.15) is 5.75 Å². The molecule has 0 spiro atoms. The van der Waals surface area contributed by atoms with E-state index in [-0.39, 0.29) is 12.2 Å². The standard InChI is InChI=1S/C13H8ClF2NO2/c14-9-4-10(6-17-5-9)19-7-13(18)8-1-2-11(15)12(16)3-8/h1-6H,7H2. The van der Waals surface area contributed by atoms with Crippen molar-refractivity contribution in [2.45, 2.75) is 0 Å². The van der Waals surface area contributed by atoms with E-state index in [0.29, 0.717) is 10.8 Å². The summed E-state index contributed by atoms with van der Waals surface area (Å²) < 4.78 is 30.8. The Bertz CT molecular complexity index is 619. The van der Waals surface area contributed by atoms with Crippen molar-refractivity contribution in [1.29, 1.82) is 0 Å². The zero-order valence-electron chi connectivity index (χ0n) is 9.57. The lowest BCUT2D eigenvalue weighted by molar-refractivity contribution is 0.0920. The summed E-state index contributed by atoms with van der Waals surface area (Å²) in [6.07, 6.45) is 2.82. The summed E-state index contributed by atoms with van der Waals surface area (Å²) in [5.41, 5.74) is 0.0360. The van der Waals surface area contributed by atoms with E-state index in [1.165, 1.54) is 24.5 Å². The molecule has 19 heavy (non-hydrogen) atoms. The van der Waals surface area contributed by atoms with Gasteiger partial charge in [-0.2, -0.15) is 0 Å². The summed E-state index contributed by atoms with van der Waals surface area (Å²) >= 11 is 5.70. The normalized spacial score (nSPS) is 10.3. The molecule has 0 amide bonds. The van der Waals surface area contributed by atoms with Crippen LogP contribution < -0.4 is 4.74 Å². The van der Waals surface area contributed by atoms with E-state index in [0.717, 1.165) is 12.1 Å². The second-order valence-electron chi connectivity index (χ2n) is 3.68. The first-order valence-corrected chi connectivity index (χ1v) is 5.65. The molecule has 0 N–H and O–H groups in total. The van der Waals surface area contributed by atoms with E-state index in [2.05, 4.69) is 4.98 Å². The van der Waals surface area contributed by atoms with Crippen LogP contribution in [0.2, 0.25) is 5.02 Å². The van der Waals surface area contributed by atoms with Gasteiger partial charge in [-0.25, -0.2) is 8.78 Å². The molecule has 0 fully saturated rings. The third kappa shape index (κ3) is 3.48. The predicted octanol–water partition coefficient (Wildman–Crippen LogP) is 3.27. The Balaban J connectivity index is 2.03. The van der Waals surface area contributed by atoms with Gasteiger partial charge >= 0.3 is 0 Å². The number of carbonyl (C=O) groups is 1. The van der Waals surface area contributed by atoms with E-state index in [1.54, 1.807) is 0 Å². The highest BCUT2D eigenvalue weighted by Crippen LogP contribution is 2.16. The monoisotopic (exact) mass is 283 g/mol. The molecule has 0 aliphatic rings. The van der Waals surface area contributed by atoms with Crippen molar-refractivity contribution in [2.75, 3.05) is 6.61 Å². The van der Waals surface area contributed by atoms with Crippen molar-refractivity contribution in [3.05, 3.63) is 58.9 Å². The van der Waals surface area contributed by atoms with E-state index < -0.39 is 17.4 Å². The Kier molecular flexibility index (Phi) is 4.06. The molecule has 0 radical (unpaired) electrons. The van der Waals surface area contributed by atoms with Gasteiger partial charge in [0.05, 0.1) is 11.2 Å². The Hall–Kier alpha value is -2.01. The maximum atomic E-state index is 13.0. The molecule has 1 aromatic heterocycles. The van der Waals surface area contributed by atoms with Gasteiger partial charge in [0, 0.05) is 17.8 Å². The van der Waals surface area contributed by atoms with E-state index in [4.69, 9.17) is 16.3 Å². The lowest BCUT2D eigenvalue weighted by Gasteiger charge is -2.05. The van der Waals surface area contributed by atoms with Gasteiger partial charge in [0.15, 0.2) is 24.0 Å². The summed E-state index contributed by atoms with van der Waals surface area (Å²) in [6, 6.07) is 4.41. The molecule has 3 nitrogen and oxygen atoms in total. The number of aromatic nitrogens is 1. The summed E-state index contributed by atoms with van der Waals surface area (Å²) in [6.45, 7) is -0.312. The van der Waals surface area contributed by atoms with Crippen LogP contribution in [0.4, 0.5) is 8.78 Å². The highest BCUT2D eigenvalue weighted by Gasteiger charge is 2.10. The first-order valence-electron chi connectivity index (χ1n) is 5.28. The van der Waals surface area contributed by atoms with Gasteiger partial charge in [0.25, 0.3) is 0 Å². The van der Waals surface area contributed by atoms with Gasteiger partial charge in [0.2, 0.25) is 0 Å². The molecule has 0 saturated carbocycles. The van der Waals surface area contributed by atoms with Crippen molar-refractivity contribution in [3.63, 3.8) is 0 Å². The molecule has 0 atom stereocenters. The van der Waals surface area contributed by atoms with Gasteiger partial charge in [-0.05, 0) is 18.2 Å². The van der Waals surface area contributed by atoms with Crippen LogP contribution in [-0.2, 0) is 0 Å². The highest BCUT2D eigenvalue weighted by molar-refractivity contribution is 6.30. The Morgan fingerprint density at radius 2 is 2.00 bits per heavy atom. The minimum Gasteiger partial charge on any atom is -0.484 e. The molecule has 2 aromatic rings. The summed E-state index contributed by atoms with van der Waals surface area (Å²) in [5.74, 6) is -2.23. The van der Waals surface area contributed by atoms with E-state index >= 15 is 0 Å². The van der Waals surface area contributed by atoms with Gasteiger partial charge in [-0.3, -0.25) is 9.78 Å². The number of pyridine rings is 1. The second kappa shape index (κ2) is 5.75. The molecule has 0 saturated heterocycles. The quantitative estimate of drug-likeness (QED) is 0.809. The van der Waals surface area contributed by atoms with Crippen LogP contribution in [0, 0.1) is 11.6 Å². The molecule has 6 heteroatoms. The number of hydrogen-bond donors (Lipinski definition) is 0. The lowest BCUT2D eigenvalue weighted by Crippen LogP contribution is -2.12. The number of halogens is 3. The van der Waals surface area contributed by atoms with Crippen LogP contribution in [0.15, 0.2) is 36.7 Å².